The summed E-state index contributed by atoms with van der Waals surface area (Å²) in [5.41, 5.74) is 6.89. The molecular weight excluding hydrogens is 268 g/mol. The van der Waals surface area contributed by atoms with Gasteiger partial charge in [-0.3, -0.25) is 9.59 Å². The van der Waals surface area contributed by atoms with Gasteiger partial charge in [-0.1, -0.05) is 18.2 Å². The lowest BCUT2D eigenvalue weighted by Crippen LogP contribution is -2.29. The lowest BCUT2D eigenvalue weighted by atomic mass is 9.81. The highest BCUT2D eigenvalue weighted by Gasteiger charge is 2.26. The minimum atomic E-state index is -0.903. The maximum absolute atomic E-state index is 12.3. The largest absolute Gasteiger partial charge is 0.481 e. The smallest absolute Gasteiger partial charge is 0.307 e. The Kier molecular flexibility index (Phi) is 5.33. The highest BCUT2D eigenvalue weighted by molar-refractivity contribution is 5.93. The van der Waals surface area contributed by atoms with Gasteiger partial charge in [0.2, 0.25) is 5.91 Å². The van der Waals surface area contributed by atoms with Crippen molar-refractivity contribution >= 4 is 17.6 Å². The van der Waals surface area contributed by atoms with Crippen molar-refractivity contribution in [2.75, 3.05) is 11.9 Å². The second kappa shape index (κ2) is 7.22. The average Bonchev–Trinajstić information content (AvgIpc) is 2.49. The van der Waals surface area contributed by atoms with E-state index in [1.54, 1.807) is 24.3 Å². The maximum Gasteiger partial charge on any atom is 0.307 e. The molecule has 0 saturated heterocycles. The Hall–Kier alpha value is -1.88. The van der Waals surface area contributed by atoms with Crippen LogP contribution >= 0.6 is 0 Å². The summed E-state index contributed by atoms with van der Waals surface area (Å²) in [4.78, 5) is 23.2. The molecule has 5 nitrogen and oxygen atoms in total. The van der Waals surface area contributed by atoms with Crippen LogP contribution < -0.4 is 11.1 Å². The van der Waals surface area contributed by atoms with E-state index in [9.17, 15) is 9.59 Å². The van der Waals surface area contributed by atoms with E-state index in [1.807, 2.05) is 0 Å². The summed E-state index contributed by atoms with van der Waals surface area (Å²) in [5, 5.41) is 11.8. The Morgan fingerprint density at radius 1 is 1.19 bits per heavy atom. The van der Waals surface area contributed by atoms with Crippen LogP contribution in [0.1, 0.15) is 31.2 Å². The lowest BCUT2D eigenvalue weighted by molar-refractivity contribution is -0.136. The minimum absolute atomic E-state index is 0.00526. The van der Waals surface area contributed by atoms with Gasteiger partial charge in [0.1, 0.15) is 0 Å². The highest BCUT2D eigenvalue weighted by atomic mass is 16.4. The molecule has 21 heavy (non-hydrogen) atoms. The number of hydrogen-bond donors (Lipinski definition) is 3. The fourth-order valence-electron chi connectivity index (χ4n) is 2.85. The number of benzene rings is 1. The fraction of sp³-hybridized carbons (Fsp3) is 0.500. The molecular formula is C16H22N2O3. The van der Waals surface area contributed by atoms with E-state index >= 15 is 0 Å². The molecule has 5 heteroatoms. The minimum Gasteiger partial charge on any atom is -0.481 e. The standard InChI is InChI=1S/C16H22N2O3/c17-10-11-5-7-12(8-6-11)16(21)18-14-4-2-1-3-13(14)9-15(19)20/h1-4,11-12H,5-10,17H2,(H,18,21)(H,19,20). The summed E-state index contributed by atoms with van der Waals surface area (Å²) in [6.45, 7) is 0.690. The van der Waals surface area contributed by atoms with Crippen molar-refractivity contribution in [2.24, 2.45) is 17.6 Å². The van der Waals surface area contributed by atoms with Crippen LogP contribution in [0.4, 0.5) is 5.69 Å². The molecule has 0 bridgehead atoms. The van der Waals surface area contributed by atoms with Crippen molar-refractivity contribution in [1.29, 1.82) is 0 Å². The maximum atomic E-state index is 12.3. The summed E-state index contributed by atoms with van der Waals surface area (Å²) >= 11 is 0. The van der Waals surface area contributed by atoms with E-state index in [2.05, 4.69) is 5.32 Å². The summed E-state index contributed by atoms with van der Waals surface area (Å²) in [6.07, 6.45) is 3.61. The fourth-order valence-corrected chi connectivity index (χ4v) is 2.85. The van der Waals surface area contributed by atoms with Gasteiger partial charge in [-0.15, -0.1) is 0 Å². The van der Waals surface area contributed by atoms with Gasteiger partial charge in [-0.2, -0.15) is 0 Å². The van der Waals surface area contributed by atoms with Crippen molar-refractivity contribution in [1.82, 2.24) is 0 Å². The number of carbonyl (C=O) groups excluding carboxylic acids is 1. The average molecular weight is 290 g/mol. The number of amides is 1. The first-order valence-corrected chi connectivity index (χ1v) is 7.40. The Balaban J connectivity index is 1.98. The predicted molar refractivity (Wildman–Crippen MR) is 80.9 cm³/mol. The van der Waals surface area contributed by atoms with Crippen molar-refractivity contribution < 1.29 is 14.7 Å². The SMILES string of the molecule is NCC1CCC(C(=O)Nc2ccccc2CC(=O)O)CC1. The molecule has 1 fully saturated rings. The summed E-state index contributed by atoms with van der Waals surface area (Å²) in [6, 6.07) is 7.06. The van der Waals surface area contributed by atoms with E-state index in [-0.39, 0.29) is 18.2 Å². The molecule has 0 radical (unpaired) electrons. The van der Waals surface area contributed by atoms with Gasteiger partial charge in [0.05, 0.1) is 6.42 Å². The molecule has 114 valence electrons. The molecule has 1 amide bonds. The van der Waals surface area contributed by atoms with E-state index in [0.29, 0.717) is 23.7 Å². The third kappa shape index (κ3) is 4.29. The number of nitrogens with two attached hydrogens (primary N) is 1. The monoisotopic (exact) mass is 290 g/mol. The number of anilines is 1. The lowest BCUT2D eigenvalue weighted by Gasteiger charge is -2.27. The number of nitrogens with one attached hydrogen (secondary N) is 1. The Morgan fingerprint density at radius 2 is 1.86 bits per heavy atom. The highest BCUT2D eigenvalue weighted by Crippen LogP contribution is 2.29. The number of rotatable bonds is 5. The second-order valence-corrected chi connectivity index (χ2v) is 5.67. The van der Waals surface area contributed by atoms with Crippen LogP contribution in [-0.4, -0.2) is 23.5 Å². The molecule has 0 unspecified atom stereocenters. The van der Waals surface area contributed by atoms with Crippen molar-refractivity contribution in [2.45, 2.75) is 32.1 Å². The molecule has 1 aliphatic rings. The van der Waals surface area contributed by atoms with Crippen LogP contribution in [-0.2, 0) is 16.0 Å². The molecule has 0 aliphatic heterocycles. The van der Waals surface area contributed by atoms with Crippen LogP contribution in [0.2, 0.25) is 0 Å². The molecule has 1 aromatic carbocycles. The zero-order valence-corrected chi connectivity index (χ0v) is 12.0. The van der Waals surface area contributed by atoms with E-state index < -0.39 is 5.97 Å². The van der Waals surface area contributed by atoms with E-state index in [0.717, 1.165) is 25.7 Å². The molecule has 1 saturated carbocycles. The van der Waals surface area contributed by atoms with Gasteiger partial charge in [0, 0.05) is 11.6 Å². The number of carbonyl (C=O) groups is 2. The molecule has 0 spiro atoms. The topological polar surface area (TPSA) is 92.4 Å². The van der Waals surface area contributed by atoms with Crippen LogP contribution in [0.5, 0.6) is 0 Å². The van der Waals surface area contributed by atoms with Crippen molar-refractivity contribution in [3.8, 4) is 0 Å². The third-order valence-electron chi connectivity index (χ3n) is 4.17. The van der Waals surface area contributed by atoms with Gasteiger partial charge in [0.25, 0.3) is 0 Å². The predicted octanol–water partition coefficient (Wildman–Crippen LogP) is 2.02. The molecule has 1 aliphatic carbocycles. The van der Waals surface area contributed by atoms with Crippen LogP contribution in [0.3, 0.4) is 0 Å². The zero-order valence-electron chi connectivity index (χ0n) is 12.0. The quantitative estimate of drug-likeness (QED) is 0.773. The van der Waals surface area contributed by atoms with Gasteiger partial charge >= 0.3 is 5.97 Å². The van der Waals surface area contributed by atoms with E-state index in [4.69, 9.17) is 10.8 Å². The number of hydrogen-bond acceptors (Lipinski definition) is 3. The van der Waals surface area contributed by atoms with Gasteiger partial charge in [-0.05, 0) is 49.8 Å². The molecule has 1 aromatic rings. The number of carboxylic acids is 1. The number of para-hydroxylation sites is 1. The van der Waals surface area contributed by atoms with Gasteiger partial charge < -0.3 is 16.2 Å². The van der Waals surface area contributed by atoms with Gasteiger partial charge in [0.15, 0.2) is 0 Å². The number of carboxylic acid groups (broad SMARTS) is 1. The van der Waals surface area contributed by atoms with E-state index in [1.165, 1.54) is 0 Å². The van der Waals surface area contributed by atoms with Crippen LogP contribution in [0.15, 0.2) is 24.3 Å². The first-order valence-electron chi connectivity index (χ1n) is 7.40. The first kappa shape index (κ1) is 15.5. The Bertz CT molecular complexity index is 508. The summed E-state index contributed by atoms with van der Waals surface area (Å²) in [5.74, 6) is -0.373. The second-order valence-electron chi connectivity index (χ2n) is 5.67. The molecule has 2 rings (SSSR count). The van der Waals surface area contributed by atoms with Crippen molar-refractivity contribution in [3.05, 3.63) is 29.8 Å². The van der Waals surface area contributed by atoms with Gasteiger partial charge in [-0.25, -0.2) is 0 Å². The van der Waals surface area contributed by atoms with Crippen molar-refractivity contribution in [3.63, 3.8) is 0 Å². The summed E-state index contributed by atoms with van der Waals surface area (Å²) in [7, 11) is 0. The normalized spacial score (nSPS) is 21.8. The molecule has 0 heterocycles. The zero-order chi connectivity index (χ0) is 15.2. The third-order valence-corrected chi connectivity index (χ3v) is 4.17. The molecule has 4 N–H and O–H groups in total. The molecule has 0 aromatic heterocycles. The van der Waals surface area contributed by atoms with Crippen LogP contribution in [0, 0.1) is 11.8 Å². The summed E-state index contributed by atoms with van der Waals surface area (Å²) < 4.78 is 0. The van der Waals surface area contributed by atoms with Crippen LogP contribution in [0.25, 0.3) is 0 Å². The molecule has 0 atom stereocenters. The first-order chi connectivity index (χ1) is 10.1. The Morgan fingerprint density at radius 3 is 2.48 bits per heavy atom. The number of aliphatic carboxylic acids is 1. The Labute approximate surface area is 124 Å².